The van der Waals surface area contributed by atoms with Gasteiger partial charge in [0.2, 0.25) is 5.95 Å². The summed E-state index contributed by atoms with van der Waals surface area (Å²) < 4.78 is 2.08. The molecule has 17 heavy (non-hydrogen) atoms. The molecule has 90 valence electrons. The highest BCUT2D eigenvalue weighted by Gasteiger charge is 2.05. The molecule has 3 nitrogen and oxygen atoms in total. The highest BCUT2D eigenvalue weighted by Crippen LogP contribution is 2.20. The number of hydrogen-bond donors (Lipinski definition) is 1. The van der Waals surface area contributed by atoms with Crippen LogP contribution in [0.25, 0.3) is 5.69 Å². The molecule has 0 fully saturated rings. The zero-order valence-corrected chi connectivity index (χ0v) is 10.6. The number of aromatic nitrogens is 2. The third-order valence-corrected chi connectivity index (χ3v) is 2.79. The van der Waals surface area contributed by atoms with Gasteiger partial charge in [-0.25, -0.2) is 4.98 Å². The van der Waals surface area contributed by atoms with Gasteiger partial charge in [0.1, 0.15) is 0 Å². The first kappa shape index (κ1) is 11.7. The molecule has 1 heterocycles. The molecule has 0 unspecified atom stereocenters. The van der Waals surface area contributed by atoms with E-state index in [4.69, 9.17) is 0 Å². The molecule has 0 bridgehead atoms. The van der Waals surface area contributed by atoms with E-state index in [2.05, 4.69) is 59.9 Å². The van der Waals surface area contributed by atoms with Crippen LogP contribution in [0.1, 0.15) is 32.3 Å². The molecule has 0 aliphatic carbocycles. The van der Waals surface area contributed by atoms with Gasteiger partial charge in [0, 0.05) is 24.6 Å². The van der Waals surface area contributed by atoms with Crippen LogP contribution in [0.4, 0.5) is 5.95 Å². The summed E-state index contributed by atoms with van der Waals surface area (Å²) in [5.41, 5.74) is 2.50. The first-order valence-electron chi connectivity index (χ1n) is 6.10. The predicted octanol–water partition coefficient (Wildman–Crippen LogP) is 3.43. The summed E-state index contributed by atoms with van der Waals surface area (Å²) in [5.74, 6) is 1.44. The van der Waals surface area contributed by atoms with E-state index in [1.54, 1.807) is 0 Å². The van der Waals surface area contributed by atoms with Gasteiger partial charge in [0.15, 0.2) is 0 Å². The fraction of sp³-hybridized carbons (Fsp3) is 0.357. The van der Waals surface area contributed by atoms with Gasteiger partial charge in [-0.2, -0.15) is 0 Å². The Hall–Kier alpha value is -1.77. The van der Waals surface area contributed by atoms with Crippen LogP contribution >= 0.6 is 0 Å². The van der Waals surface area contributed by atoms with Crippen molar-refractivity contribution in [3.8, 4) is 5.69 Å². The van der Waals surface area contributed by atoms with Crippen LogP contribution in [0.2, 0.25) is 0 Å². The SMILES string of the molecule is CCNc1nccn1-c1cccc(C(C)C)c1. The Balaban J connectivity index is 2.38. The molecule has 1 aromatic carbocycles. The maximum absolute atomic E-state index is 4.31. The van der Waals surface area contributed by atoms with Crippen molar-refractivity contribution in [3.63, 3.8) is 0 Å². The Kier molecular flexibility index (Phi) is 3.47. The van der Waals surface area contributed by atoms with Gasteiger partial charge in [-0.15, -0.1) is 0 Å². The summed E-state index contributed by atoms with van der Waals surface area (Å²) in [7, 11) is 0. The maximum Gasteiger partial charge on any atom is 0.207 e. The molecule has 0 amide bonds. The van der Waals surface area contributed by atoms with Gasteiger partial charge in [-0.05, 0) is 30.5 Å². The van der Waals surface area contributed by atoms with Crippen LogP contribution < -0.4 is 5.32 Å². The summed E-state index contributed by atoms with van der Waals surface area (Å²) in [6.45, 7) is 7.36. The van der Waals surface area contributed by atoms with Crippen LogP contribution in [0.15, 0.2) is 36.7 Å². The van der Waals surface area contributed by atoms with Crippen molar-refractivity contribution in [2.24, 2.45) is 0 Å². The van der Waals surface area contributed by atoms with E-state index in [0.29, 0.717) is 5.92 Å². The van der Waals surface area contributed by atoms with E-state index in [-0.39, 0.29) is 0 Å². The van der Waals surface area contributed by atoms with Crippen molar-refractivity contribution in [2.45, 2.75) is 26.7 Å². The molecule has 0 spiro atoms. The van der Waals surface area contributed by atoms with E-state index in [9.17, 15) is 0 Å². The van der Waals surface area contributed by atoms with Crippen molar-refractivity contribution in [1.82, 2.24) is 9.55 Å². The lowest BCUT2D eigenvalue weighted by molar-refractivity contribution is 0.862. The van der Waals surface area contributed by atoms with Gasteiger partial charge in [-0.3, -0.25) is 4.57 Å². The number of rotatable bonds is 4. The average Bonchev–Trinajstić information content (AvgIpc) is 2.78. The molecule has 1 N–H and O–H groups in total. The molecule has 0 aliphatic heterocycles. The van der Waals surface area contributed by atoms with Crippen molar-refractivity contribution < 1.29 is 0 Å². The highest BCUT2D eigenvalue weighted by atomic mass is 15.2. The van der Waals surface area contributed by atoms with E-state index >= 15 is 0 Å². The second-order valence-corrected chi connectivity index (χ2v) is 4.40. The summed E-state index contributed by atoms with van der Waals surface area (Å²) in [5, 5.41) is 3.26. The second kappa shape index (κ2) is 5.04. The van der Waals surface area contributed by atoms with Crippen molar-refractivity contribution in [2.75, 3.05) is 11.9 Å². The van der Waals surface area contributed by atoms with Crippen molar-refractivity contribution >= 4 is 5.95 Å². The molecule has 2 rings (SSSR count). The van der Waals surface area contributed by atoms with Crippen LogP contribution in [-0.2, 0) is 0 Å². The Labute approximate surface area is 103 Å². The van der Waals surface area contributed by atoms with Gasteiger partial charge in [0.25, 0.3) is 0 Å². The summed E-state index contributed by atoms with van der Waals surface area (Å²) in [4.78, 5) is 4.31. The molecule has 1 aromatic heterocycles. The third kappa shape index (κ3) is 2.49. The predicted molar refractivity (Wildman–Crippen MR) is 71.8 cm³/mol. The first-order chi connectivity index (χ1) is 8.22. The first-order valence-corrected chi connectivity index (χ1v) is 6.10. The fourth-order valence-electron chi connectivity index (χ4n) is 1.83. The van der Waals surface area contributed by atoms with Crippen LogP contribution in [-0.4, -0.2) is 16.1 Å². The Morgan fingerprint density at radius 1 is 1.35 bits per heavy atom. The molecule has 2 aromatic rings. The van der Waals surface area contributed by atoms with Crippen LogP contribution in [0.5, 0.6) is 0 Å². The molecule has 0 saturated carbocycles. The Bertz CT molecular complexity index is 486. The minimum Gasteiger partial charge on any atom is -0.356 e. The number of imidazole rings is 1. The topological polar surface area (TPSA) is 29.9 Å². The number of anilines is 1. The highest BCUT2D eigenvalue weighted by molar-refractivity contribution is 5.44. The lowest BCUT2D eigenvalue weighted by atomic mass is 10.0. The fourth-order valence-corrected chi connectivity index (χ4v) is 1.83. The molecule has 0 radical (unpaired) electrons. The monoisotopic (exact) mass is 229 g/mol. The lowest BCUT2D eigenvalue weighted by Crippen LogP contribution is -2.05. The van der Waals surface area contributed by atoms with E-state index in [1.165, 1.54) is 5.56 Å². The van der Waals surface area contributed by atoms with E-state index < -0.39 is 0 Å². The number of nitrogens with zero attached hydrogens (tertiary/aromatic N) is 2. The van der Waals surface area contributed by atoms with Crippen molar-refractivity contribution in [3.05, 3.63) is 42.2 Å². The molecular formula is C14H19N3. The Morgan fingerprint density at radius 3 is 2.88 bits per heavy atom. The molecule has 0 aliphatic rings. The smallest absolute Gasteiger partial charge is 0.207 e. The van der Waals surface area contributed by atoms with E-state index in [1.807, 2.05) is 12.4 Å². The van der Waals surface area contributed by atoms with Crippen LogP contribution in [0, 0.1) is 0 Å². The van der Waals surface area contributed by atoms with Crippen molar-refractivity contribution in [1.29, 1.82) is 0 Å². The molecular weight excluding hydrogens is 210 g/mol. The van der Waals surface area contributed by atoms with Gasteiger partial charge in [0.05, 0.1) is 0 Å². The number of nitrogens with one attached hydrogen (secondary N) is 1. The normalized spacial score (nSPS) is 10.8. The zero-order chi connectivity index (χ0) is 12.3. The molecule has 3 heteroatoms. The molecule has 0 saturated heterocycles. The van der Waals surface area contributed by atoms with Gasteiger partial charge < -0.3 is 5.32 Å². The minimum atomic E-state index is 0.543. The lowest BCUT2D eigenvalue weighted by Gasteiger charge is -2.11. The van der Waals surface area contributed by atoms with Gasteiger partial charge in [-0.1, -0.05) is 26.0 Å². The summed E-state index contributed by atoms with van der Waals surface area (Å²) >= 11 is 0. The van der Waals surface area contributed by atoms with E-state index in [0.717, 1.165) is 18.2 Å². The summed E-state index contributed by atoms with van der Waals surface area (Å²) in [6, 6.07) is 8.58. The minimum absolute atomic E-state index is 0.543. The van der Waals surface area contributed by atoms with Gasteiger partial charge >= 0.3 is 0 Å². The zero-order valence-electron chi connectivity index (χ0n) is 10.6. The standard InChI is InChI=1S/C14H19N3/c1-4-15-14-16-8-9-17(14)13-7-5-6-12(10-13)11(2)3/h5-11H,4H2,1-3H3,(H,15,16). The Morgan fingerprint density at radius 2 is 2.18 bits per heavy atom. The third-order valence-electron chi connectivity index (χ3n) is 2.79. The molecule has 0 atom stereocenters. The maximum atomic E-state index is 4.31. The quantitative estimate of drug-likeness (QED) is 0.870. The second-order valence-electron chi connectivity index (χ2n) is 4.40. The van der Waals surface area contributed by atoms with Crippen LogP contribution in [0.3, 0.4) is 0 Å². The number of hydrogen-bond acceptors (Lipinski definition) is 2. The number of benzene rings is 1. The average molecular weight is 229 g/mol. The largest absolute Gasteiger partial charge is 0.356 e. The summed E-state index contributed by atoms with van der Waals surface area (Å²) in [6.07, 6.45) is 3.80.